The highest BCUT2D eigenvalue weighted by Crippen LogP contribution is 2.32. The van der Waals surface area contributed by atoms with E-state index >= 15 is 0 Å². The topological polar surface area (TPSA) is 0 Å². The van der Waals surface area contributed by atoms with E-state index in [0.717, 1.165) is 12.3 Å². The van der Waals surface area contributed by atoms with Crippen molar-refractivity contribution in [2.45, 2.75) is 39.5 Å². The summed E-state index contributed by atoms with van der Waals surface area (Å²) in [6.07, 6.45) is 11.9. The van der Waals surface area contributed by atoms with Crippen molar-refractivity contribution in [3.8, 4) is 0 Å². The Morgan fingerprint density at radius 2 is 2.00 bits per heavy atom. The first-order chi connectivity index (χ1) is 5.64. The van der Waals surface area contributed by atoms with Gasteiger partial charge in [-0.15, -0.1) is 6.58 Å². The van der Waals surface area contributed by atoms with E-state index in [-0.39, 0.29) is 0 Å². The summed E-state index contributed by atoms with van der Waals surface area (Å²) in [6, 6.07) is 0. The predicted octanol–water partition coefficient (Wildman–Crippen LogP) is 3.95. The van der Waals surface area contributed by atoms with Crippen LogP contribution in [0.25, 0.3) is 0 Å². The molecule has 12 heavy (non-hydrogen) atoms. The zero-order chi connectivity index (χ0) is 9.03. The molecule has 0 heterocycles. The molecular formula is C12H20. The summed E-state index contributed by atoms with van der Waals surface area (Å²) in [6.45, 7) is 8.37. The largest absolute Gasteiger partial charge is 0.103 e. The molecule has 0 unspecified atom stereocenters. The van der Waals surface area contributed by atoms with Crippen LogP contribution in [-0.2, 0) is 0 Å². The molecule has 0 radical (unpaired) electrons. The van der Waals surface area contributed by atoms with Gasteiger partial charge in [0.15, 0.2) is 0 Å². The van der Waals surface area contributed by atoms with Crippen LogP contribution >= 0.6 is 0 Å². The normalized spacial score (nSPS) is 18.5. The van der Waals surface area contributed by atoms with Crippen molar-refractivity contribution in [3.63, 3.8) is 0 Å². The molecule has 1 fully saturated rings. The zero-order valence-corrected chi connectivity index (χ0v) is 8.34. The Morgan fingerprint density at radius 3 is 2.50 bits per heavy atom. The molecular weight excluding hydrogens is 144 g/mol. The van der Waals surface area contributed by atoms with Crippen molar-refractivity contribution >= 4 is 0 Å². The van der Waals surface area contributed by atoms with E-state index in [1.54, 1.807) is 0 Å². The number of rotatable bonds is 5. The van der Waals surface area contributed by atoms with Gasteiger partial charge in [0.05, 0.1) is 0 Å². The van der Waals surface area contributed by atoms with Crippen LogP contribution in [0, 0.1) is 11.3 Å². The summed E-state index contributed by atoms with van der Waals surface area (Å²) in [7, 11) is 0. The third kappa shape index (κ3) is 3.75. The van der Waals surface area contributed by atoms with Gasteiger partial charge in [0, 0.05) is 0 Å². The minimum Gasteiger partial charge on any atom is -0.103 e. The summed E-state index contributed by atoms with van der Waals surface area (Å²) < 4.78 is 0. The van der Waals surface area contributed by atoms with Gasteiger partial charge in [0.25, 0.3) is 0 Å². The van der Waals surface area contributed by atoms with E-state index in [0.29, 0.717) is 5.41 Å². The van der Waals surface area contributed by atoms with Crippen LogP contribution < -0.4 is 0 Å². The first-order valence-corrected chi connectivity index (χ1v) is 4.92. The van der Waals surface area contributed by atoms with E-state index < -0.39 is 0 Å². The van der Waals surface area contributed by atoms with Gasteiger partial charge in [-0.2, -0.15) is 0 Å². The van der Waals surface area contributed by atoms with Gasteiger partial charge in [-0.25, -0.2) is 0 Å². The highest BCUT2D eigenvalue weighted by molar-refractivity contribution is 4.98. The second-order valence-electron chi connectivity index (χ2n) is 4.63. The van der Waals surface area contributed by atoms with Gasteiger partial charge in [-0.3, -0.25) is 0 Å². The molecule has 0 atom stereocenters. The lowest BCUT2D eigenvalue weighted by Gasteiger charge is -2.20. The zero-order valence-electron chi connectivity index (χ0n) is 8.34. The molecule has 68 valence electrons. The van der Waals surface area contributed by atoms with E-state index in [2.05, 4.69) is 32.6 Å². The fourth-order valence-electron chi connectivity index (χ4n) is 1.34. The van der Waals surface area contributed by atoms with Crippen LogP contribution in [0.3, 0.4) is 0 Å². The third-order valence-corrected chi connectivity index (χ3v) is 2.40. The molecule has 0 aromatic heterocycles. The van der Waals surface area contributed by atoms with Gasteiger partial charge < -0.3 is 0 Å². The molecule has 0 amide bonds. The van der Waals surface area contributed by atoms with Gasteiger partial charge in [0.2, 0.25) is 0 Å². The van der Waals surface area contributed by atoms with E-state index in [1.165, 1.54) is 19.3 Å². The minimum absolute atomic E-state index is 0.410. The van der Waals surface area contributed by atoms with E-state index in [4.69, 9.17) is 0 Å². The molecule has 0 aliphatic heterocycles. The second kappa shape index (κ2) is 3.93. The van der Waals surface area contributed by atoms with Gasteiger partial charge >= 0.3 is 0 Å². The Kier molecular flexibility index (Phi) is 3.13. The Balaban J connectivity index is 2.22. The molecule has 0 N–H and O–H groups in total. The molecule has 0 bridgehead atoms. The van der Waals surface area contributed by atoms with Crippen molar-refractivity contribution in [2.24, 2.45) is 11.3 Å². The van der Waals surface area contributed by atoms with Gasteiger partial charge in [-0.05, 0) is 37.0 Å². The van der Waals surface area contributed by atoms with Gasteiger partial charge in [-0.1, -0.05) is 32.1 Å². The molecule has 0 aromatic carbocycles. The summed E-state index contributed by atoms with van der Waals surface area (Å²) >= 11 is 0. The fourth-order valence-corrected chi connectivity index (χ4v) is 1.34. The highest BCUT2D eigenvalue weighted by atomic mass is 14.2. The lowest BCUT2D eigenvalue weighted by atomic mass is 9.85. The van der Waals surface area contributed by atoms with Gasteiger partial charge in [0.1, 0.15) is 0 Å². The van der Waals surface area contributed by atoms with Crippen molar-refractivity contribution in [2.75, 3.05) is 0 Å². The maximum absolute atomic E-state index is 3.78. The van der Waals surface area contributed by atoms with Crippen LogP contribution in [-0.4, -0.2) is 0 Å². The van der Waals surface area contributed by atoms with E-state index in [1.807, 2.05) is 6.08 Å². The monoisotopic (exact) mass is 164 g/mol. The standard InChI is InChI=1S/C12H20/c1-4-9-12(2,3)10-5-6-11-7-8-11/h4-6,11H,1,7-10H2,2-3H3/b6-5+. The maximum atomic E-state index is 3.78. The van der Waals surface area contributed by atoms with Crippen LogP contribution in [0.5, 0.6) is 0 Å². The molecule has 1 saturated carbocycles. The SMILES string of the molecule is C=CCC(C)(C)C/C=C/C1CC1. The molecule has 0 saturated heterocycles. The minimum atomic E-state index is 0.410. The maximum Gasteiger partial charge on any atom is -0.0233 e. The fraction of sp³-hybridized carbons (Fsp3) is 0.667. The highest BCUT2D eigenvalue weighted by Gasteiger charge is 2.18. The first kappa shape index (κ1) is 9.57. The summed E-state index contributed by atoms with van der Waals surface area (Å²) in [4.78, 5) is 0. The van der Waals surface area contributed by atoms with Crippen molar-refractivity contribution < 1.29 is 0 Å². The smallest absolute Gasteiger partial charge is 0.0233 e. The lowest BCUT2D eigenvalue weighted by Crippen LogP contribution is -2.07. The molecule has 1 aliphatic rings. The number of hydrogen-bond acceptors (Lipinski definition) is 0. The Morgan fingerprint density at radius 1 is 1.33 bits per heavy atom. The summed E-state index contributed by atoms with van der Waals surface area (Å²) in [5, 5.41) is 0. The molecule has 0 spiro atoms. The van der Waals surface area contributed by atoms with Crippen molar-refractivity contribution in [1.29, 1.82) is 0 Å². The molecule has 1 rings (SSSR count). The van der Waals surface area contributed by atoms with Crippen LogP contribution in [0.1, 0.15) is 39.5 Å². The summed E-state index contributed by atoms with van der Waals surface area (Å²) in [5.74, 6) is 0.921. The average molecular weight is 164 g/mol. The molecule has 0 nitrogen and oxygen atoms in total. The second-order valence-corrected chi connectivity index (χ2v) is 4.63. The average Bonchev–Trinajstić information content (AvgIpc) is 2.70. The van der Waals surface area contributed by atoms with Crippen LogP contribution in [0.2, 0.25) is 0 Å². The molecule has 0 heteroatoms. The number of allylic oxidation sites excluding steroid dienone is 3. The third-order valence-electron chi connectivity index (χ3n) is 2.40. The summed E-state index contributed by atoms with van der Waals surface area (Å²) in [5.41, 5.74) is 0.410. The lowest BCUT2D eigenvalue weighted by molar-refractivity contribution is 0.377. The predicted molar refractivity (Wildman–Crippen MR) is 55.1 cm³/mol. The van der Waals surface area contributed by atoms with E-state index in [9.17, 15) is 0 Å². The Hall–Kier alpha value is -0.520. The quantitative estimate of drug-likeness (QED) is 0.540. The van der Waals surface area contributed by atoms with Crippen molar-refractivity contribution in [1.82, 2.24) is 0 Å². The Labute approximate surface area is 76.4 Å². The van der Waals surface area contributed by atoms with Crippen LogP contribution in [0.15, 0.2) is 24.8 Å². The van der Waals surface area contributed by atoms with Crippen LogP contribution in [0.4, 0.5) is 0 Å². The number of hydrogen-bond donors (Lipinski definition) is 0. The Bertz CT molecular complexity index is 170. The molecule has 0 aromatic rings. The van der Waals surface area contributed by atoms with Crippen molar-refractivity contribution in [3.05, 3.63) is 24.8 Å². The first-order valence-electron chi connectivity index (χ1n) is 4.92. The molecule has 1 aliphatic carbocycles.